The quantitative estimate of drug-likeness (QED) is 0.845. The standard InChI is InChI=1S/C20H26N2O3S/c1-14-6-8-18(9-7-14)12-22(13-19(23)21-5)26(24,25)20-16(3)10-15(2)11-17(20)4/h6-11H,12-13H2,1-5H3,(H,21,23). The van der Waals surface area contributed by atoms with Crippen LogP contribution >= 0.6 is 0 Å². The summed E-state index contributed by atoms with van der Waals surface area (Å²) in [6.07, 6.45) is 0. The van der Waals surface area contributed by atoms with Gasteiger partial charge in [0.15, 0.2) is 0 Å². The van der Waals surface area contributed by atoms with Crippen molar-refractivity contribution in [3.8, 4) is 0 Å². The maximum atomic E-state index is 13.4. The molecule has 2 aromatic rings. The first-order chi connectivity index (χ1) is 12.1. The second kappa shape index (κ2) is 8.01. The predicted octanol–water partition coefficient (Wildman–Crippen LogP) is 2.86. The largest absolute Gasteiger partial charge is 0.358 e. The lowest BCUT2D eigenvalue weighted by Gasteiger charge is -2.24. The number of rotatable bonds is 6. The number of sulfonamides is 1. The molecular weight excluding hydrogens is 348 g/mol. The van der Waals surface area contributed by atoms with Gasteiger partial charge in [0.2, 0.25) is 15.9 Å². The maximum absolute atomic E-state index is 13.4. The molecule has 140 valence electrons. The Morgan fingerprint density at radius 3 is 2.00 bits per heavy atom. The Balaban J connectivity index is 2.49. The molecule has 1 amide bonds. The smallest absolute Gasteiger partial charge is 0.244 e. The molecule has 0 atom stereocenters. The van der Waals surface area contributed by atoms with Gasteiger partial charge in [-0.25, -0.2) is 8.42 Å². The first kappa shape index (κ1) is 20.1. The van der Waals surface area contributed by atoms with Gasteiger partial charge in [0.05, 0.1) is 11.4 Å². The van der Waals surface area contributed by atoms with Gasteiger partial charge in [-0.1, -0.05) is 47.5 Å². The zero-order valence-electron chi connectivity index (χ0n) is 16.0. The summed E-state index contributed by atoms with van der Waals surface area (Å²) in [5, 5.41) is 2.51. The normalized spacial score (nSPS) is 11.6. The minimum Gasteiger partial charge on any atom is -0.358 e. The van der Waals surface area contributed by atoms with Gasteiger partial charge in [-0.2, -0.15) is 4.31 Å². The summed E-state index contributed by atoms with van der Waals surface area (Å²) in [5.41, 5.74) is 4.32. The molecule has 0 saturated heterocycles. The van der Waals surface area contributed by atoms with Crippen LogP contribution in [0, 0.1) is 27.7 Å². The third kappa shape index (κ3) is 4.51. The van der Waals surface area contributed by atoms with Gasteiger partial charge < -0.3 is 5.32 Å². The van der Waals surface area contributed by atoms with Crippen molar-refractivity contribution in [1.29, 1.82) is 0 Å². The molecule has 26 heavy (non-hydrogen) atoms. The monoisotopic (exact) mass is 374 g/mol. The van der Waals surface area contributed by atoms with Gasteiger partial charge in [0.25, 0.3) is 0 Å². The molecular formula is C20H26N2O3S. The Morgan fingerprint density at radius 1 is 0.962 bits per heavy atom. The molecule has 0 aliphatic heterocycles. The average Bonchev–Trinajstić information content (AvgIpc) is 2.54. The summed E-state index contributed by atoms with van der Waals surface area (Å²) < 4.78 is 27.9. The Labute approximate surface area is 156 Å². The minimum absolute atomic E-state index is 0.142. The fourth-order valence-electron chi connectivity index (χ4n) is 3.06. The topological polar surface area (TPSA) is 66.5 Å². The van der Waals surface area contributed by atoms with E-state index in [0.717, 1.165) is 16.7 Å². The van der Waals surface area contributed by atoms with Crippen molar-refractivity contribution in [2.24, 2.45) is 0 Å². The summed E-state index contributed by atoms with van der Waals surface area (Å²) >= 11 is 0. The molecule has 0 saturated carbocycles. The van der Waals surface area contributed by atoms with Crippen molar-refractivity contribution >= 4 is 15.9 Å². The SMILES string of the molecule is CNC(=O)CN(Cc1ccc(C)cc1)S(=O)(=O)c1c(C)cc(C)cc1C. The van der Waals surface area contributed by atoms with E-state index in [1.54, 1.807) is 13.8 Å². The van der Waals surface area contributed by atoms with Crippen LogP contribution in [-0.4, -0.2) is 32.2 Å². The van der Waals surface area contributed by atoms with Crippen molar-refractivity contribution in [1.82, 2.24) is 9.62 Å². The number of carbonyl (C=O) groups is 1. The van der Waals surface area contributed by atoms with Gasteiger partial charge in [0.1, 0.15) is 0 Å². The number of nitrogens with zero attached hydrogens (tertiary/aromatic N) is 1. The Kier molecular flexibility index (Phi) is 6.21. The Hall–Kier alpha value is -2.18. The van der Waals surface area contributed by atoms with Crippen molar-refractivity contribution in [2.75, 3.05) is 13.6 Å². The molecule has 0 bridgehead atoms. The van der Waals surface area contributed by atoms with E-state index >= 15 is 0 Å². The van der Waals surface area contributed by atoms with E-state index in [4.69, 9.17) is 0 Å². The van der Waals surface area contributed by atoms with Crippen LogP contribution in [-0.2, 0) is 21.4 Å². The predicted molar refractivity (Wildman–Crippen MR) is 103 cm³/mol. The fraction of sp³-hybridized carbons (Fsp3) is 0.350. The molecule has 0 aliphatic carbocycles. The fourth-order valence-corrected chi connectivity index (χ4v) is 4.86. The highest BCUT2D eigenvalue weighted by atomic mass is 32.2. The third-order valence-electron chi connectivity index (χ3n) is 4.28. The van der Waals surface area contributed by atoms with Crippen LogP contribution in [0.4, 0.5) is 0 Å². The molecule has 2 aromatic carbocycles. The van der Waals surface area contributed by atoms with Gasteiger partial charge >= 0.3 is 0 Å². The van der Waals surface area contributed by atoms with E-state index in [1.807, 2.05) is 50.2 Å². The number of hydrogen-bond donors (Lipinski definition) is 1. The lowest BCUT2D eigenvalue weighted by atomic mass is 10.1. The minimum atomic E-state index is -3.82. The number of benzene rings is 2. The first-order valence-electron chi connectivity index (χ1n) is 8.49. The summed E-state index contributed by atoms with van der Waals surface area (Å²) in [5.74, 6) is -0.344. The molecule has 0 fully saturated rings. The van der Waals surface area contributed by atoms with Gasteiger partial charge in [-0.15, -0.1) is 0 Å². The van der Waals surface area contributed by atoms with E-state index in [1.165, 1.54) is 11.4 Å². The van der Waals surface area contributed by atoms with E-state index in [9.17, 15) is 13.2 Å². The zero-order valence-corrected chi connectivity index (χ0v) is 16.8. The van der Waals surface area contributed by atoms with Crippen LogP contribution in [0.2, 0.25) is 0 Å². The number of aryl methyl sites for hydroxylation is 4. The lowest BCUT2D eigenvalue weighted by molar-refractivity contribution is -0.120. The van der Waals surface area contributed by atoms with E-state index in [0.29, 0.717) is 11.1 Å². The molecule has 0 radical (unpaired) electrons. The zero-order chi connectivity index (χ0) is 19.5. The van der Waals surface area contributed by atoms with Crippen molar-refractivity contribution in [3.05, 3.63) is 64.2 Å². The summed E-state index contributed by atoms with van der Waals surface area (Å²) in [6, 6.07) is 11.3. The molecule has 6 heteroatoms. The number of nitrogens with one attached hydrogen (secondary N) is 1. The lowest BCUT2D eigenvalue weighted by Crippen LogP contribution is -2.39. The van der Waals surface area contributed by atoms with E-state index in [2.05, 4.69) is 5.32 Å². The molecule has 0 aliphatic rings. The maximum Gasteiger partial charge on any atom is 0.244 e. The van der Waals surface area contributed by atoms with Crippen molar-refractivity contribution in [3.63, 3.8) is 0 Å². The third-order valence-corrected chi connectivity index (χ3v) is 6.38. The molecule has 0 heterocycles. The average molecular weight is 375 g/mol. The summed E-state index contributed by atoms with van der Waals surface area (Å²) in [4.78, 5) is 12.2. The van der Waals surface area contributed by atoms with Crippen LogP contribution in [0.1, 0.15) is 27.8 Å². The van der Waals surface area contributed by atoms with Gasteiger partial charge in [0, 0.05) is 13.6 Å². The number of amides is 1. The summed E-state index contributed by atoms with van der Waals surface area (Å²) in [7, 11) is -2.32. The number of carbonyl (C=O) groups excluding carboxylic acids is 1. The van der Waals surface area contributed by atoms with Gasteiger partial charge in [-0.05, 0) is 44.4 Å². The first-order valence-corrected chi connectivity index (χ1v) is 9.93. The second-order valence-electron chi connectivity index (χ2n) is 6.66. The Bertz CT molecular complexity index is 880. The Morgan fingerprint density at radius 2 is 1.50 bits per heavy atom. The number of hydrogen-bond acceptors (Lipinski definition) is 3. The summed E-state index contributed by atoms with van der Waals surface area (Å²) in [6.45, 7) is 7.41. The van der Waals surface area contributed by atoms with Crippen LogP contribution in [0.25, 0.3) is 0 Å². The highest BCUT2D eigenvalue weighted by Crippen LogP contribution is 2.26. The van der Waals surface area contributed by atoms with Crippen LogP contribution in [0.3, 0.4) is 0 Å². The molecule has 2 rings (SSSR count). The highest BCUT2D eigenvalue weighted by Gasteiger charge is 2.29. The van der Waals surface area contributed by atoms with Crippen molar-refractivity contribution < 1.29 is 13.2 Å². The van der Waals surface area contributed by atoms with Crippen molar-refractivity contribution in [2.45, 2.75) is 39.1 Å². The second-order valence-corrected chi connectivity index (χ2v) is 8.53. The molecule has 0 spiro atoms. The van der Waals surface area contributed by atoms with E-state index < -0.39 is 10.0 Å². The molecule has 5 nitrogen and oxygen atoms in total. The molecule has 0 unspecified atom stereocenters. The van der Waals surface area contributed by atoms with Crippen LogP contribution in [0.5, 0.6) is 0 Å². The van der Waals surface area contributed by atoms with Crippen LogP contribution < -0.4 is 5.32 Å². The van der Waals surface area contributed by atoms with E-state index in [-0.39, 0.29) is 23.9 Å². The van der Waals surface area contributed by atoms with Crippen LogP contribution in [0.15, 0.2) is 41.3 Å². The molecule has 1 N–H and O–H groups in total. The van der Waals surface area contributed by atoms with Gasteiger partial charge in [-0.3, -0.25) is 4.79 Å². The number of likely N-dealkylation sites (N-methyl/N-ethyl adjacent to an activating group) is 1. The highest BCUT2D eigenvalue weighted by molar-refractivity contribution is 7.89. The molecule has 0 aromatic heterocycles.